The van der Waals surface area contributed by atoms with Gasteiger partial charge in [-0.15, -0.1) is 0 Å². The van der Waals surface area contributed by atoms with Crippen LogP contribution in [-0.4, -0.2) is 23.2 Å². The molecule has 0 spiro atoms. The fourth-order valence-electron chi connectivity index (χ4n) is 1.35. The number of hydrogen-bond donors (Lipinski definition) is 5. The van der Waals surface area contributed by atoms with Crippen molar-refractivity contribution in [1.82, 2.24) is 10.9 Å². The van der Waals surface area contributed by atoms with Crippen molar-refractivity contribution in [3.05, 3.63) is 0 Å². The van der Waals surface area contributed by atoms with Crippen molar-refractivity contribution in [1.29, 1.82) is 10.8 Å². The Morgan fingerprint density at radius 2 is 1.50 bits per heavy atom. The fourth-order valence-corrected chi connectivity index (χ4v) is 1.35. The highest BCUT2D eigenvalue weighted by atomic mass is 15.3. The Balaban J connectivity index is 2.39. The van der Waals surface area contributed by atoms with Gasteiger partial charge < -0.3 is 5.73 Å². The SMILES string of the molecule is CC(=N)NN=C1CCC(=NNC(=N)N)CC1. The maximum Gasteiger partial charge on any atom is 0.206 e. The van der Waals surface area contributed by atoms with E-state index in [-0.39, 0.29) is 5.96 Å². The lowest BCUT2D eigenvalue weighted by atomic mass is 9.97. The smallest absolute Gasteiger partial charge is 0.206 e. The standard InChI is InChI=1S/C9H17N7/c1-6(10)13-14-7-2-4-8(5-3-7)15-16-9(11)12/h2-5H2,1H3,(H2,10,13)(H4,11,12,16). The zero-order valence-corrected chi connectivity index (χ0v) is 9.30. The molecule has 1 fully saturated rings. The third-order valence-corrected chi connectivity index (χ3v) is 2.12. The van der Waals surface area contributed by atoms with Crippen molar-refractivity contribution in [2.75, 3.05) is 0 Å². The van der Waals surface area contributed by atoms with E-state index >= 15 is 0 Å². The molecular formula is C9H17N7. The topological polar surface area (TPSA) is 122 Å². The lowest BCUT2D eigenvalue weighted by Crippen LogP contribution is -2.28. The molecule has 1 aliphatic carbocycles. The van der Waals surface area contributed by atoms with Gasteiger partial charge in [-0.1, -0.05) is 0 Å². The van der Waals surface area contributed by atoms with Gasteiger partial charge in [-0.3, -0.25) is 16.2 Å². The predicted molar refractivity (Wildman–Crippen MR) is 64.9 cm³/mol. The van der Waals surface area contributed by atoms with Gasteiger partial charge in [-0.2, -0.15) is 10.2 Å². The molecule has 1 saturated carbocycles. The number of nitrogens with zero attached hydrogens (tertiary/aromatic N) is 2. The van der Waals surface area contributed by atoms with Crippen LogP contribution in [0.1, 0.15) is 32.6 Å². The van der Waals surface area contributed by atoms with Gasteiger partial charge in [-0.05, 0) is 32.6 Å². The van der Waals surface area contributed by atoms with Crippen molar-refractivity contribution in [3.63, 3.8) is 0 Å². The van der Waals surface area contributed by atoms with Gasteiger partial charge in [0.15, 0.2) is 0 Å². The fraction of sp³-hybridized carbons (Fsp3) is 0.556. The van der Waals surface area contributed by atoms with Crippen molar-refractivity contribution in [2.24, 2.45) is 15.9 Å². The Bertz CT molecular complexity index is 296. The quantitative estimate of drug-likeness (QED) is 0.263. The third kappa shape index (κ3) is 4.54. The van der Waals surface area contributed by atoms with Gasteiger partial charge >= 0.3 is 0 Å². The Morgan fingerprint density at radius 3 is 1.88 bits per heavy atom. The summed E-state index contributed by atoms with van der Waals surface area (Å²) in [4.78, 5) is 0. The molecule has 0 heterocycles. The van der Waals surface area contributed by atoms with E-state index in [0.717, 1.165) is 37.1 Å². The molecule has 0 bridgehead atoms. The van der Waals surface area contributed by atoms with Crippen molar-refractivity contribution < 1.29 is 0 Å². The summed E-state index contributed by atoms with van der Waals surface area (Å²) in [6, 6.07) is 0. The Labute approximate surface area is 94.2 Å². The van der Waals surface area contributed by atoms with Crippen LogP contribution >= 0.6 is 0 Å². The van der Waals surface area contributed by atoms with E-state index in [0.29, 0.717) is 5.84 Å². The molecule has 1 rings (SSSR count). The van der Waals surface area contributed by atoms with Crippen LogP contribution in [0.3, 0.4) is 0 Å². The molecule has 0 unspecified atom stereocenters. The molecule has 0 saturated heterocycles. The minimum atomic E-state index is -0.145. The maximum absolute atomic E-state index is 7.18. The van der Waals surface area contributed by atoms with Gasteiger partial charge in [0.25, 0.3) is 0 Å². The second-order valence-corrected chi connectivity index (χ2v) is 3.62. The molecule has 6 N–H and O–H groups in total. The summed E-state index contributed by atoms with van der Waals surface area (Å²) in [5.41, 5.74) is 12.3. The number of nitrogens with two attached hydrogens (primary N) is 1. The predicted octanol–water partition coefficient (Wildman–Crippen LogP) is 0.342. The number of guanidine groups is 1. The minimum Gasteiger partial charge on any atom is -0.369 e. The highest BCUT2D eigenvalue weighted by molar-refractivity contribution is 5.98. The van der Waals surface area contributed by atoms with Gasteiger partial charge in [0.05, 0.1) is 0 Å². The summed E-state index contributed by atoms with van der Waals surface area (Å²) in [6.07, 6.45) is 3.30. The highest BCUT2D eigenvalue weighted by Crippen LogP contribution is 2.12. The largest absolute Gasteiger partial charge is 0.369 e. The van der Waals surface area contributed by atoms with E-state index < -0.39 is 0 Å². The number of amidine groups is 1. The molecule has 0 aromatic heterocycles. The van der Waals surface area contributed by atoms with Gasteiger partial charge in [0.1, 0.15) is 5.84 Å². The van der Waals surface area contributed by atoms with Crippen molar-refractivity contribution in [3.8, 4) is 0 Å². The van der Waals surface area contributed by atoms with Gasteiger partial charge in [0, 0.05) is 11.4 Å². The first-order chi connectivity index (χ1) is 7.58. The van der Waals surface area contributed by atoms with Crippen LogP contribution in [0.25, 0.3) is 0 Å². The molecule has 0 amide bonds. The lowest BCUT2D eigenvalue weighted by Gasteiger charge is -2.15. The van der Waals surface area contributed by atoms with E-state index in [4.69, 9.17) is 16.6 Å². The summed E-state index contributed by atoms with van der Waals surface area (Å²) < 4.78 is 0. The van der Waals surface area contributed by atoms with E-state index in [9.17, 15) is 0 Å². The third-order valence-electron chi connectivity index (χ3n) is 2.12. The number of nitrogens with one attached hydrogen (secondary N) is 4. The Kier molecular flexibility index (Phi) is 4.43. The molecule has 0 atom stereocenters. The molecule has 0 aromatic rings. The van der Waals surface area contributed by atoms with E-state index in [1.807, 2.05) is 0 Å². The maximum atomic E-state index is 7.18. The van der Waals surface area contributed by atoms with Crippen LogP contribution in [-0.2, 0) is 0 Å². The second-order valence-electron chi connectivity index (χ2n) is 3.62. The molecule has 0 aliphatic heterocycles. The molecule has 0 radical (unpaired) electrons. The lowest BCUT2D eigenvalue weighted by molar-refractivity contribution is 0.872. The summed E-state index contributed by atoms with van der Waals surface area (Å²) in [5.74, 6) is 0.193. The molecule has 7 nitrogen and oxygen atoms in total. The van der Waals surface area contributed by atoms with Crippen LogP contribution in [0.4, 0.5) is 0 Å². The zero-order chi connectivity index (χ0) is 12.0. The monoisotopic (exact) mass is 223 g/mol. The number of hydrazone groups is 2. The van der Waals surface area contributed by atoms with Gasteiger partial charge in [-0.25, -0.2) is 5.43 Å². The van der Waals surface area contributed by atoms with Crippen LogP contribution in [0.5, 0.6) is 0 Å². The average molecular weight is 223 g/mol. The van der Waals surface area contributed by atoms with Crippen molar-refractivity contribution >= 4 is 23.2 Å². The van der Waals surface area contributed by atoms with Gasteiger partial charge in [0.2, 0.25) is 5.96 Å². The Hall–Kier alpha value is -1.92. The normalized spacial score (nSPS) is 15.3. The van der Waals surface area contributed by atoms with E-state index in [1.165, 1.54) is 0 Å². The highest BCUT2D eigenvalue weighted by Gasteiger charge is 2.12. The molecule has 0 aromatic carbocycles. The van der Waals surface area contributed by atoms with Crippen molar-refractivity contribution in [2.45, 2.75) is 32.6 Å². The average Bonchev–Trinajstić information content (AvgIpc) is 2.25. The number of hydrogen-bond acceptors (Lipinski definition) is 4. The first-order valence-electron chi connectivity index (χ1n) is 5.10. The first-order valence-corrected chi connectivity index (χ1v) is 5.10. The van der Waals surface area contributed by atoms with Crippen LogP contribution in [0, 0.1) is 10.8 Å². The molecule has 88 valence electrons. The van der Waals surface area contributed by atoms with E-state index in [1.54, 1.807) is 6.92 Å². The molecular weight excluding hydrogens is 206 g/mol. The first kappa shape index (κ1) is 12.2. The molecule has 16 heavy (non-hydrogen) atoms. The van der Waals surface area contributed by atoms with Crippen LogP contribution in [0.2, 0.25) is 0 Å². The summed E-state index contributed by atoms with van der Waals surface area (Å²) in [7, 11) is 0. The molecule has 7 heteroatoms. The van der Waals surface area contributed by atoms with Crippen LogP contribution < -0.4 is 16.6 Å². The Morgan fingerprint density at radius 1 is 1.06 bits per heavy atom. The summed E-state index contributed by atoms with van der Waals surface area (Å²) in [6.45, 7) is 1.65. The zero-order valence-electron chi connectivity index (χ0n) is 9.30. The van der Waals surface area contributed by atoms with E-state index in [2.05, 4.69) is 21.1 Å². The minimum absolute atomic E-state index is 0.145. The summed E-state index contributed by atoms with van der Waals surface area (Å²) in [5, 5.41) is 22.3. The van der Waals surface area contributed by atoms with Crippen LogP contribution in [0.15, 0.2) is 10.2 Å². The molecule has 1 aliphatic rings. The summed E-state index contributed by atoms with van der Waals surface area (Å²) >= 11 is 0. The number of rotatable bonds is 2. The second kappa shape index (κ2) is 5.84.